The van der Waals surface area contributed by atoms with Crippen molar-refractivity contribution in [2.24, 2.45) is 5.73 Å². The summed E-state index contributed by atoms with van der Waals surface area (Å²) < 4.78 is 37.3. The highest BCUT2D eigenvalue weighted by Gasteiger charge is 2.39. The van der Waals surface area contributed by atoms with Gasteiger partial charge in [0.1, 0.15) is 0 Å². The van der Waals surface area contributed by atoms with E-state index in [4.69, 9.17) is 5.73 Å². The Morgan fingerprint density at radius 2 is 1.76 bits per heavy atom. The van der Waals surface area contributed by atoms with Crippen molar-refractivity contribution in [1.29, 1.82) is 0 Å². The van der Waals surface area contributed by atoms with Gasteiger partial charge < -0.3 is 5.73 Å². The molecule has 0 unspecified atom stereocenters. The highest BCUT2D eigenvalue weighted by atomic mass is 19.4. The molecule has 2 fully saturated rings. The Kier molecular flexibility index (Phi) is 3.69. The smallest absolute Gasteiger partial charge is 0.325 e. The third-order valence-corrected chi connectivity index (χ3v) is 3.94. The molecule has 0 saturated heterocycles. The number of hydrogen-bond acceptors (Lipinski definition) is 2. The first-order valence-electron chi connectivity index (χ1n) is 6.48. The van der Waals surface area contributed by atoms with Gasteiger partial charge in [-0.2, -0.15) is 13.2 Å². The summed E-state index contributed by atoms with van der Waals surface area (Å²) in [6, 6.07) is 0.154. The van der Waals surface area contributed by atoms with Crippen molar-refractivity contribution in [3.05, 3.63) is 0 Å². The van der Waals surface area contributed by atoms with Crippen LogP contribution >= 0.6 is 0 Å². The molecule has 2 aliphatic carbocycles. The Balaban J connectivity index is 1.81. The van der Waals surface area contributed by atoms with Crippen LogP contribution in [0.5, 0.6) is 0 Å². The van der Waals surface area contributed by atoms with Crippen LogP contribution in [0, 0.1) is 0 Å². The van der Waals surface area contributed by atoms with Crippen LogP contribution in [0.1, 0.15) is 44.9 Å². The van der Waals surface area contributed by atoms with E-state index in [0.717, 1.165) is 38.5 Å². The molecule has 0 aliphatic heterocycles. The number of nitrogens with two attached hydrogens (primary N) is 1. The molecule has 0 aromatic rings. The zero-order valence-electron chi connectivity index (χ0n) is 10.1. The molecule has 0 bridgehead atoms. The molecule has 2 N–H and O–H groups in total. The van der Waals surface area contributed by atoms with Crippen molar-refractivity contribution < 1.29 is 13.2 Å². The highest BCUT2D eigenvalue weighted by Crippen LogP contribution is 2.34. The molecule has 0 amide bonds. The maximum Gasteiger partial charge on any atom is 0.401 e. The zero-order chi connectivity index (χ0) is 12.5. The van der Waals surface area contributed by atoms with Gasteiger partial charge in [0.15, 0.2) is 0 Å². The average Bonchev–Trinajstić information content (AvgIpc) is 2.96. The SMILES string of the molecule is NC1(CCN(CC(F)(F)F)C2CC2)CCCC1. The van der Waals surface area contributed by atoms with Gasteiger partial charge in [-0.1, -0.05) is 12.8 Å². The van der Waals surface area contributed by atoms with Crippen LogP contribution in [0.4, 0.5) is 13.2 Å². The van der Waals surface area contributed by atoms with Gasteiger partial charge in [0.05, 0.1) is 6.54 Å². The first-order chi connectivity index (χ1) is 7.88. The number of rotatable bonds is 5. The molecule has 2 saturated carbocycles. The fourth-order valence-corrected chi connectivity index (χ4v) is 2.76. The maximum atomic E-state index is 12.4. The van der Waals surface area contributed by atoms with Gasteiger partial charge in [-0.3, -0.25) is 4.90 Å². The molecule has 100 valence electrons. The quantitative estimate of drug-likeness (QED) is 0.812. The highest BCUT2D eigenvalue weighted by molar-refractivity contribution is 4.92. The molecule has 0 aromatic carbocycles. The summed E-state index contributed by atoms with van der Waals surface area (Å²) in [4.78, 5) is 1.58. The summed E-state index contributed by atoms with van der Waals surface area (Å²) in [5.74, 6) is 0. The fraction of sp³-hybridized carbons (Fsp3) is 1.00. The molecular weight excluding hydrogens is 229 g/mol. The van der Waals surface area contributed by atoms with Crippen molar-refractivity contribution in [2.75, 3.05) is 13.1 Å². The number of alkyl halides is 3. The van der Waals surface area contributed by atoms with Gasteiger partial charge >= 0.3 is 6.18 Å². The first-order valence-corrected chi connectivity index (χ1v) is 6.48. The van der Waals surface area contributed by atoms with Gasteiger partial charge in [-0.25, -0.2) is 0 Å². The monoisotopic (exact) mass is 250 g/mol. The molecule has 0 atom stereocenters. The summed E-state index contributed by atoms with van der Waals surface area (Å²) in [6.07, 6.45) is 2.63. The van der Waals surface area contributed by atoms with Gasteiger partial charge in [-0.05, 0) is 32.1 Å². The maximum absolute atomic E-state index is 12.4. The Labute approximate surface area is 100 Å². The topological polar surface area (TPSA) is 29.3 Å². The van der Waals surface area contributed by atoms with Gasteiger partial charge in [-0.15, -0.1) is 0 Å². The van der Waals surface area contributed by atoms with Gasteiger partial charge in [0.25, 0.3) is 0 Å². The van der Waals surface area contributed by atoms with Crippen molar-refractivity contribution >= 4 is 0 Å². The number of halogens is 3. The van der Waals surface area contributed by atoms with Crippen molar-refractivity contribution in [3.8, 4) is 0 Å². The molecule has 2 rings (SSSR count). The number of hydrogen-bond donors (Lipinski definition) is 1. The lowest BCUT2D eigenvalue weighted by Gasteiger charge is -2.29. The van der Waals surface area contributed by atoms with E-state index in [0.29, 0.717) is 13.0 Å². The Bertz CT molecular complexity index is 255. The normalized spacial score (nSPS) is 24.5. The predicted octanol–water partition coefficient (Wildman–Crippen LogP) is 2.67. The van der Waals surface area contributed by atoms with Crippen LogP contribution in [0.3, 0.4) is 0 Å². The van der Waals surface area contributed by atoms with E-state index in [-0.39, 0.29) is 11.6 Å². The molecule has 17 heavy (non-hydrogen) atoms. The second-order valence-electron chi connectivity index (χ2n) is 5.64. The lowest BCUT2D eigenvalue weighted by molar-refractivity contribution is -0.147. The molecule has 5 heteroatoms. The van der Waals surface area contributed by atoms with Crippen LogP contribution < -0.4 is 5.73 Å². The van der Waals surface area contributed by atoms with Crippen LogP contribution in [-0.2, 0) is 0 Å². The minimum absolute atomic E-state index is 0.154. The second-order valence-corrected chi connectivity index (χ2v) is 5.64. The van der Waals surface area contributed by atoms with Crippen molar-refractivity contribution in [1.82, 2.24) is 4.90 Å². The molecule has 2 aliphatic rings. The van der Waals surface area contributed by atoms with E-state index in [1.54, 1.807) is 4.90 Å². The molecule has 0 radical (unpaired) electrons. The third kappa shape index (κ3) is 4.14. The van der Waals surface area contributed by atoms with E-state index in [2.05, 4.69) is 0 Å². The standard InChI is InChI=1S/C12H21F3N2/c13-12(14,15)9-17(10-3-4-10)8-7-11(16)5-1-2-6-11/h10H,1-9,16H2. The summed E-state index contributed by atoms with van der Waals surface area (Å²) >= 11 is 0. The van der Waals surface area contributed by atoms with E-state index in [1.165, 1.54) is 0 Å². The number of nitrogens with zero attached hydrogens (tertiary/aromatic N) is 1. The molecular formula is C12H21F3N2. The zero-order valence-corrected chi connectivity index (χ0v) is 10.1. The van der Waals surface area contributed by atoms with E-state index < -0.39 is 12.7 Å². The van der Waals surface area contributed by atoms with Crippen LogP contribution in [0.2, 0.25) is 0 Å². The summed E-state index contributed by atoms with van der Waals surface area (Å²) in [5, 5.41) is 0. The summed E-state index contributed by atoms with van der Waals surface area (Å²) in [6.45, 7) is -0.269. The Morgan fingerprint density at radius 3 is 2.24 bits per heavy atom. The lowest BCUT2D eigenvalue weighted by atomic mass is 9.94. The predicted molar refractivity (Wildman–Crippen MR) is 60.7 cm³/mol. The first kappa shape index (κ1) is 13.1. The largest absolute Gasteiger partial charge is 0.401 e. The van der Waals surface area contributed by atoms with Crippen molar-refractivity contribution in [2.45, 2.75) is 62.7 Å². The van der Waals surface area contributed by atoms with Crippen LogP contribution in [0.15, 0.2) is 0 Å². The Hall–Kier alpha value is -0.290. The fourth-order valence-electron chi connectivity index (χ4n) is 2.76. The average molecular weight is 250 g/mol. The van der Waals surface area contributed by atoms with E-state index in [1.807, 2.05) is 0 Å². The van der Waals surface area contributed by atoms with E-state index in [9.17, 15) is 13.2 Å². The summed E-state index contributed by atoms with van der Waals surface area (Å²) in [5.41, 5.74) is 5.99. The van der Waals surface area contributed by atoms with Crippen LogP contribution in [-0.4, -0.2) is 35.7 Å². The Morgan fingerprint density at radius 1 is 1.18 bits per heavy atom. The van der Waals surface area contributed by atoms with Gasteiger partial charge in [0.2, 0.25) is 0 Å². The van der Waals surface area contributed by atoms with E-state index >= 15 is 0 Å². The van der Waals surface area contributed by atoms with Crippen molar-refractivity contribution in [3.63, 3.8) is 0 Å². The lowest BCUT2D eigenvalue weighted by Crippen LogP contribution is -2.43. The minimum Gasteiger partial charge on any atom is -0.325 e. The molecule has 0 heterocycles. The molecule has 0 spiro atoms. The van der Waals surface area contributed by atoms with Gasteiger partial charge in [0, 0.05) is 18.1 Å². The molecule has 0 aromatic heterocycles. The minimum atomic E-state index is -4.08. The summed E-state index contributed by atoms with van der Waals surface area (Å²) in [7, 11) is 0. The van der Waals surface area contributed by atoms with Crippen LogP contribution in [0.25, 0.3) is 0 Å². The third-order valence-electron chi connectivity index (χ3n) is 3.94. The second kappa shape index (κ2) is 4.76. The molecule has 2 nitrogen and oxygen atoms in total.